The normalized spacial score (nSPS) is 17.7. The third-order valence-corrected chi connectivity index (χ3v) is 3.88. The highest BCUT2D eigenvalue weighted by Crippen LogP contribution is 2.25. The lowest BCUT2D eigenvalue weighted by Gasteiger charge is -2.15. The molecule has 0 radical (unpaired) electrons. The van der Waals surface area contributed by atoms with Crippen molar-refractivity contribution >= 4 is 17.5 Å². The minimum atomic E-state index is -0.561. The fraction of sp³-hybridized carbons (Fsp3) is 0.158. The van der Waals surface area contributed by atoms with E-state index in [0.717, 1.165) is 5.56 Å². The van der Waals surface area contributed by atoms with E-state index in [1.165, 1.54) is 7.11 Å². The molecule has 2 N–H and O–H groups in total. The Bertz CT molecular complexity index is 770. The van der Waals surface area contributed by atoms with Gasteiger partial charge in [0.05, 0.1) is 5.70 Å². The molecule has 2 amide bonds. The molecule has 0 aliphatic carbocycles. The molecule has 0 aromatic heterocycles. The minimum absolute atomic E-state index is 0.125. The Hall–Kier alpha value is -2.92. The van der Waals surface area contributed by atoms with Gasteiger partial charge in [-0.25, -0.2) is 4.79 Å². The summed E-state index contributed by atoms with van der Waals surface area (Å²) in [6.07, 6.45) is -0.276. The predicted octanol–water partition coefficient (Wildman–Crippen LogP) is 2.96. The van der Waals surface area contributed by atoms with Gasteiger partial charge in [0.1, 0.15) is 6.23 Å². The highest BCUT2D eigenvalue weighted by Gasteiger charge is 2.27. The lowest BCUT2D eigenvalue weighted by molar-refractivity contribution is 0.0797. The maximum Gasteiger partial charge on any atom is 0.321 e. The van der Waals surface area contributed by atoms with Gasteiger partial charge in [0.2, 0.25) is 0 Å². The van der Waals surface area contributed by atoms with Gasteiger partial charge in [0, 0.05) is 24.7 Å². The number of amides is 2. The second-order valence-electron chi connectivity index (χ2n) is 5.44. The fourth-order valence-electron chi connectivity index (χ4n) is 2.67. The zero-order chi connectivity index (χ0) is 16.9. The van der Waals surface area contributed by atoms with Crippen LogP contribution in [0.2, 0.25) is 0 Å². The molecule has 1 heterocycles. The van der Waals surface area contributed by atoms with E-state index in [-0.39, 0.29) is 12.2 Å². The summed E-state index contributed by atoms with van der Waals surface area (Å²) in [6, 6.07) is 18.0. The molecule has 0 saturated carbocycles. The number of ether oxygens (including phenoxy) is 1. The Balaban J connectivity index is 2.12. The first-order valence-electron chi connectivity index (χ1n) is 7.67. The van der Waals surface area contributed by atoms with Crippen molar-refractivity contribution in [2.45, 2.75) is 12.6 Å². The number of methoxy groups -OCH3 is 1. The van der Waals surface area contributed by atoms with Crippen LogP contribution in [0.5, 0.6) is 0 Å². The van der Waals surface area contributed by atoms with Crippen LogP contribution >= 0.6 is 0 Å². The maximum absolute atomic E-state index is 13.0. The molecular formula is C19H18N2O3. The molecule has 2 aromatic carbocycles. The monoisotopic (exact) mass is 322 g/mol. The molecule has 1 aliphatic heterocycles. The molecule has 5 heteroatoms. The van der Waals surface area contributed by atoms with Gasteiger partial charge < -0.3 is 15.4 Å². The van der Waals surface area contributed by atoms with E-state index in [9.17, 15) is 9.59 Å². The number of benzene rings is 2. The molecule has 0 fully saturated rings. The number of carbonyl (C=O) groups excluding carboxylic acids is 2. The summed E-state index contributed by atoms with van der Waals surface area (Å²) in [5.74, 6) is -0.125. The van der Waals surface area contributed by atoms with E-state index >= 15 is 0 Å². The molecule has 0 saturated heterocycles. The summed E-state index contributed by atoms with van der Waals surface area (Å²) in [4.78, 5) is 25.1. The molecule has 1 unspecified atom stereocenters. The van der Waals surface area contributed by atoms with E-state index < -0.39 is 12.3 Å². The zero-order valence-electron chi connectivity index (χ0n) is 13.3. The molecule has 1 atom stereocenters. The second-order valence-corrected chi connectivity index (χ2v) is 5.44. The van der Waals surface area contributed by atoms with Crippen LogP contribution in [0.3, 0.4) is 0 Å². The number of nitrogens with one attached hydrogen (secondary N) is 2. The topological polar surface area (TPSA) is 67.4 Å². The van der Waals surface area contributed by atoms with E-state index in [2.05, 4.69) is 10.6 Å². The summed E-state index contributed by atoms with van der Waals surface area (Å²) >= 11 is 0. The van der Waals surface area contributed by atoms with Gasteiger partial charge >= 0.3 is 6.03 Å². The lowest BCUT2D eigenvalue weighted by atomic mass is 9.95. The Kier molecular flexibility index (Phi) is 4.72. The zero-order valence-corrected chi connectivity index (χ0v) is 13.3. The number of urea groups is 1. The van der Waals surface area contributed by atoms with Crippen LogP contribution in [0, 0.1) is 0 Å². The van der Waals surface area contributed by atoms with Crippen molar-refractivity contribution in [3.05, 3.63) is 77.4 Å². The van der Waals surface area contributed by atoms with Gasteiger partial charge in [-0.05, 0) is 5.56 Å². The summed E-state index contributed by atoms with van der Waals surface area (Å²) in [6.45, 7) is 0. The molecule has 0 spiro atoms. The first kappa shape index (κ1) is 16.0. The number of ketones is 1. The molecule has 0 bridgehead atoms. The fourth-order valence-corrected chi connectivity index (χ4v) is 2.67. The van der Waals surface area contributed by atoms with Crippen LogP contribution in [-0.4, -0.2) is 25.2 Å². The number of rotatable bonds is 4. The Morgan fingerprint density at radius 1 is 1.04 bits per heavy atom. The summed E-state index contributed by atoms with van der Waals surface area (Å²) in [5, 5.41) is 5.49. The average molecular weight is 322 g/mol. The van der Waals surface area contributed by atoms with Gasteiger partial charge in [0.15, 0.2) is 5.78 Å². The molecule has 24 heavy (non-hydrogen) atoms. The summed E-state index contributed by atoms with van der Waals surface area (Å²) in [5.41, 5.74) is 2.38. The van der Waals surface area contributed by atoms with Crippen molar-refractivity contribution in [2.75, 3.05) is 7.11 Å². The standard InChI is InChI=1S/C19H18N2O3/c1-24-16-12-15(18(22)14-10-6-3-7-11-14)17(21-19(23)20-16)13-8-4-2-5-9-13/h2-11,16H,12H2,1H3,(H2,20,21,23). The Morgan fingerprint density at radius 3 is 2.29 bits per heavy atom. The third kappa shape index (κ3) is 3.36. The smallest absolute Gasteiger partial charge is 0.321 e. The van der Waals surface area contributed by atoms with Crippen LogP contribution in [0.15, 0.2) is 66.2 Å². The van der Waals surface area contributed by atoms with E-state index in [1.54, 1.807) is 12.1 Å². The number of Topliss-reactive ketones (excluding diaryl/α,β-unsaturated/α-hetero) is 1. The second kappa shape index (κ2) is 7.10. The number of hydrogen-bond donors (Lipinski definition) is 2. The molecule has 122 valence electrons. The quantitative estimate of drug-likeness (QED) is 0.851. The van der Waals surface area contributed by atoms with E-state index in [1.807, 2.05) is 48.5 Å². The molecule has 1 aliphatic rings. The van der Waals surface area contributed by atoms with Crippen molar-refractivity contribution in [3.8, 4) is 0 Å². The Morgan fingerprint density at radius 2 is 1.67 bits per heavy atom. The van der Waals surface area contributed by atoms with Crippen molar-refractivity contribution in [1.82, 2.24) is 10.6 Å². The largest absolute Gasteiger partial charge is 0.361 e. The minimum Gasteiger partial charge on any atom is -0.361 e. The van der Waals surface area contributed by atoms with Crippen LogP contribution in [0.1, 0.15) is 22.3 Å². The van der Waals surface area contributed by atoms with Crippen molar-refractivity contribution in [2.24, 2.45) is 0 Å². The predicted molar refractivity (Wildman–Crippen MR) is 91.2 cm³/mol. The van der Waals surface area contributed by atoms with Crippen LogP contribution in [0.25, 0.3) is 5.70 Å². The van der Waals surface area contributed by atoms with Crippen LogP contribution < -0.4 is 10.6 Å². The number of hydrogen-bond acceptors (Lipinski definition) is 3. The Labute approximate surface area is 140 Å². The summed E-state index contributed by atoms with van der Waals surface area (Å²) in [7, 11) is 1.50. The van der Waals surface area contributed by atoms with Gasteiger partial charge in [0.25, 0.3) is 0 Å². The number of carbonyl (C=O) groups is 2. The van der Waals surface area contributed by atoms with E-state index in [0.29, 0.717) is 16.8 Å². The first-order chi connectivity index (χ1) is 11.7. The lowest BCUT2D eigenvalue weighted by Crippen LogP contribution is -2.39. The first-order valence-corrected chi connectivity index (χ1v) is 7.67. The van der Waals surface area contributed by atoms with Crippen LogP contribution in [-0.2, 0) is 4.74 Å². The van der Waals surface area contributed by atoms with Gasteiger partial charge in [-0.15, -0.1) is 0 Å². The molecule has 5 nitrogen and oxygen atoms in total. The van der Waals surface area contributed by atoms with Gasteiger partial charge in [-0.2, -0.15) is 0 Å². The highest BCUT2D eigenvalue weighted by atomic mass is 16.5. The molecule has 3 rings (SSSR count). The third-order valence-electron chi connectivity index (χ3n) is 3.88. The van der Waals surface area contributed by atoms with Gasteiger partial charge in [-0.3, -0.25) is 4.79 Å². The highest BCUT2D eigenvalue weighted by molar-refractivity contribution is 6.14. The summed E-state index contributed by atoms with van der Waals surface area (Å²) < 4.78 is 5.28. The van der Waals surface area contributed by atoms with E-state index in [4.69, 9.17) is 4.74 Å². The van der Waals surface area contributed by atoms with Crippen LogP contribution in [0.4, 0.5) is 4.79 Å². The SMILES string of the molecule is COC1CC(C(=O)c2ccccc2)=C(c2ccccc2)NC(=O)N1. The van der Waals surface area contributed by atoms with Crippen molar-refractivity contribution in [3.63, 3.8) is 0 Å². The molecular weight excluding hydrogens is 304 g/mol. The van der Waals surface area contributed by atoms with Crippen molar-refractivity contribution in [1.29, 1.82) is 0 Å². The molecule has 2 aromatic rings. The maximum atomic E-state index is 13.0. The van der Waals surface area contributed by atoms with Crippen molar-refractivity contribution < 1.29 is 14.3 Å². The average Bonchev–Trinajstić information content (AvgIpc) is 2.81. The van der Waals surface area contributed by atoms with Gasteiger partial charge in [-0.1, -0.05) is 60.7 Å².